The van der Waals surface area contributed by atoms with Crippen LogP contribution in [-0.4, -0.2) is 25.0 Å². The molecule has 1 N–H and O–H groups in total. The minimum absolute atomic E-state index is 0.437. The summed E-state index contributed by atoms with van der Waals surface area (Å²) in [5, 5.41) is 4.07. The van der Waals surface area contributed by atoms with E-state index in [1.54, 1.807) is 0 Å². The zero-order chi connectivity index (χ0) is 12.8. The van der Waals surface area contributed by atoms with Crippen molar-refractivity contribution in [1.82, 2.24) is 5.32 Å². The van der Waals surface area contributed by atoms with Gasteiger partial charge in [0, 0.05) is 22.8 Å². The maximum Gasteiger partial charge on any atom is 0.0588 e. The number of hydrogen-bond donors (Lipinski definition) is 1. The summed E-state index contributed by atoms with van der Waals surface area (Å²) in [4.78, 5) is 1.36. The molecule has 1 aromatic carbocycles. The molecule has 100 valence electrons. The van der Waals surface area contributed by atoms with Gasteiger partial charge in [-0.05, 0) is 44.0 Å². The van der Waals surface area contributed by atoms with Gasteiger partial charge < -0.3 is 10.1 Å². The Morgan fingerprint density at radius 1 is 1.39 bits per heavy atom. The number of nitrogens with one attached hydrogen (secondary N) is 1. The predicted octanol–water partition coefficient (Wildman–Crippen LogP) is 3.63. The molecule has 1 heterocycles. The van der Waals surface area contributed by atoms with E-state index in [1.807, 2.05) is 11.8 Å². The normalized spacial score (nSPS) is 21.8. The van der Waals surface area contributed by atoms with Gasteiger partial charge in [-0.15, -0.1) is 11.8 Å². The van der Waals surface area contributed by atoms with E-state index in [2.05, 4.69) is 43.4 Å². The van der Waals surface area contributed by atoms with Crippen molar-refractivity contribution in [2.24, 2.45) is 0 Å². The van der Waals surface area contributed by atoms with Crippen LogP contribution < -0.4 is 5.32 Å². The zero-order valence-corrected chi connectivity index (χ0v) is 12.1. The summed E-state index contributed by atoms with van der Waals surface area (Å²) in [6.45, 7) is 7.21. The fourth-order valence-corrected chi connectivity index (χ4v) is 3.38. The minimum Gasteiger partial charge on any atom is -0.380 e. The lowest BCUT2D eigenvalue weighted by atomic mass is 10.1. The molecule has 0 radical (unpaired) electrons. The third-order valence-corrected chi connectivity index (χ3v) is 4.56. The molecule has 0 spiro atoms. The number of rotatable bonds is 5. The molecule has 0 aliphatic carbocycles. The highest BCUT2D eigenvalue weighted by atomic mass is 32.2. The summed E-state index contributed by atoms with van der Waals surface area (Å²) >= 11 is 1.95. The van der Waals surface area contributed by atoms with Gasteiger partial charge in [0.1, 0.15) is 0 Å². The molecule has 0 bridgehead atoms. The molecular weight excluding hydrogens is 242 g/mol. The van der Waals surface area contributed by atoms with Gasteiger partial charge in [0.15, 0.2) is 0 Å². The third kappa shape index (κ3) is 4.01. The Hall–Kier alpha value is -0.510. The quantitative estimate of drug-likeness (QED) is 0.878. The van der Waals surface area contributed by atoms with Crippen molar-refractivity contribution in [2.75, 3.05) is 19.8 Å². The second-order valence-corrected chi connectivity index (χ2v) is 6.18. The van der Waals surface area contributed by atoms with E-state index < -0.39 is 0 Å². The lowest BCUT2D eigenvalue weighted by Gasteiger charge is -2.21. The molecule has 2 atom stereocenters. The van der Waals surface area contributed by atoms with Gasteiger partial charge in [-0.3, -0.25) is 0 Å². The van der Waals surface area contributed by atoms with Crippen molar-refractivity contribution >= 4 is 11.8 Å². The Kier molecular flexibility index (Phi) is 5.54. The Balaban J connectivity index is 1.90. The van der Waals surface area contributed by atoms with Gasteiger partial charge in [0.05, 0.1) is 6.61 Å². The average molecular weight is 265 g/mol. The van der Waals surface area contributed by atoms with Gasteiger partial charge in [0.25, 0.3) is 0 Å². The first kappa shape index (κ1) is 13.9. The molecule has 0 aromatic heterocycles. The van der Waals surface area contributed by atoms with Crippen molar-refractivity contribution in [2.45, 2.75) is 42.9 Å². The van der Waals surface area contributed by atoms with Gasteiger partial charge in [0.2, 0.25) is 0 Å². The van der Waals surface area contributed by atoms with Crippen LogP contribution in [0, 0.1) is 0 Å². The highest BCUT2D eigenvalue weighted by Gasteiger charge is 2.15. The van der Waals surface area contributed by atoms with E-state index in [9.17, 15) is 0 Å². The third-order valence-electron chi connectivity index (χ3n) is 3.31. The van der Waals surface area contributed by atoms with Crippen LogP contribution in [0.1, 0.15) is 38.3 Å². The second kappa shape index (κ2) is 7.17. The lowest BCUT2D eigenvalue weighted by molar-refractivity contribution is 0.101. The van der Waals surface area contributed by atoms with Crippen LogP contribution in [0.25, 0.3) is 0 Å². The average Bonchev–Trinajstić information content (AvgIpc) is 2.41. The summed E-state index contributed by atoms with van der Waals surface area (Å²) in [5.41, 5.74) is 1.36. The zero-order valence-electron chi connectivity index (χ0n) is 11.3. The Morgan fingerprint density at radius 2 is 2.17 bits per heavy atom. The molecule has 0 saturated carbocycles. The summed E-state index contributed by atoms with van der Waals surface area (Å²) in [6, 6.07) is 9.39. The molecule has 18 heavy (non-hydrogen) atoms. The number of hydrogen-bond acceptors (Lipinski definition) is 3. The highest BCUT2D eigenvalue weighted by Crippen LogP contribution is 2.29. The summed E-state index contributed by atoms with van der Waals surface area (Å²) in [5.74, 6) is 0. The van der Waals surface area contributed by atoms with E-state index in [-0.39, 0.29) is 0 Å². The standard InChI is InChI=1S/C15H23NOS/c1-3-16-12(2)13-6-8-14(9-7-13)18-15-5-4-10-17-11-15/h6-9,12,15-16H,3-5,10-11H2,1-2H3. The van der Waals surface area contributed by atoms with E-state index in [4.69, 9.17) is 4.74 Å². The van der Waals surface area contributed by atoms with Crippen molar-refractivity contribution < 1.29 is 4.74 Å². The van der Waals surface area contributed by atoms with E-state index >= 15 is 0 Å². The molecule has 1 aromatic rings. The molecule has 1 aliphatic heterocycles. The van der Waals surface area contributed by atoms with Crippen LogP contribution in [0.5, 0.6) is 0 Å². The smallest absolute Gasteiger partial charge is 0.0588 e. The van der Waals surface area contributed by atoms with Gasteiger partial charge in [-0.25, -0.2) is 0 Å². The van der Waals surface area contributed by atoms with Gasteiger partial charge in [-0.1, -0.05) is 19.1 Å². The Bertz CT molecular complexity index is 346. The van der Waals surface area contributed by atoms with Crippen molar-refractivity contribution in [3.8, 4) is 0 Å². The van der Waals surface area contributed by atoms with Crippen LogP contribution in [0.2, 0.25) is 0 Å². The largest absolute Gasteiger partial charge is 0.380 e. The molecule has 2 nitrogen and oxygen atoms in total. The Labute approximate surface area is 114 Å². The van der Waals surface area contributed by atoms with Crippen LogP contribution >= 0.6 is 11.8 Å². The minimum atomic E-state index is 0.437. The van der Waals surface area contributed by atoms with Crippen molar-refractivity contribution in [1.29, 1.82) is 0 Å². The fraction of sp³-hybridized carbons (Fsp3) is 0.600. The second-order valence-electron chi connectivity index (χ2n) is 4.81. The number of thioether (sulfide) groups is 1. The number of ether oxygens (including phenoxy) is 1. The molecule has 2 rings (SSSR count). The molecule has 1 saturated heterocycles. The topological polar surface area (TPSA) is 21.3 Å². The first-order chi connectivity index (χ1) is 8.79. The van der Waals surface area contributed by atoms with Crippen LogP contribution in [0.3, 0.4) is 0 Å². The molecule has 3 heteroatoms. The van der Waals surface area contributed by atoms with Crippen molar-refractivity contribution in [3.63, 3.8) is 0 Å². The van der Waals surface area contributed by atoms with E-state index in [1.165, 1.54) is 23.3 Å². The fourth-order valence-electron chi connectivity index (χ4n) is 2.26. The summed E-state index contributed by atoms with van der Waals surface area (Å²) in [7, 11) is 0. The SMILES string of the molecule is CCNC(C)c1ccc(SC2CCCOC2)cc1. The van der Waals surface area contributed by atoms with Crippen molar-refractivity contribution in [3.05, 3.63) is 29.8 Å². The highest BCUT2D eigenvalue weighted by molar-refractivity contribution is 8.00. The lowest BCUT2D eigenvalue weighted by Crippen LogP contribution is -2.19. The van der Waals surface area contributed by atoms with Crippen LogP contribution in [0.15, 0.2) is 29.2 Å². The summed E-state index contributed by atoms with van der Waals surface area (Å²) in [6.07, 6.45) is 2.48. The van der Waals surface area contributed by atoms with E-state index in [0.717, 1.165) is 19.8 Å². The first-order valence-electron chi connectivity index (χ1n) is 6.87. The van der Waals surface area contributed by atoms with Gasteiger partial charge in [-0.2, -0.15) is 0 Å². The molecule has 0 amide bonds. The maximum absolute atomic E-state index is 5.52. The maximum atomic E-state index is 5.52. The molecule has 1 aliphatic rings. The van der Waals surface area contributed by atoms with Crippen LogP contribution in [0.4, 0.5) is 0 Å². The van der Waals surface area contributed by atoms with E-state index in [0.29, 0.717) is 11.3 Å². The Morgan fingerprint density at radius 3 is 2.78 bits per heavy atom. The molecule has 2 unspecified atom stereocenters. The molecule has 1 fully saturated rings. The predicted molar refractivity (Wildman–Crippen MR) is 78.2 cm³/mol. The molecular formula is C15H23NOS. The number of benzene rings is 1. The first-order valence-corrected chi connectivity index (χ1v) is 7.75. The van der Waals surface area contributed by atoms with Crippen LogP contribution in [-0.2, 0) is 4.74 Å². The van der Waals surface area contributed by atoms with Gasteiger partial charge >= 0.3 is 0 Å². The summed E-state index contributed by atoms with van der Waals surface area (Å²) < 4.78 is 5.52. The monoisotopic (exact) mass is 265 g/mol.